The Morgan fingerprint density at radius 1 is 1.27 bits per heavy atom. The van der Waals surface area contributed by atoms with Gasteiger partial charge in [-0.05, 0) is 45.8 Å². The quantitative estimate of drug-likeness (QED) is 0.836. The maximum Gasteiger partial charge on any atom is 0.244 e. The fourth-order valence-corrected chi connectivity index (χ4v) is 3.21. The van der Waals surface area contributed by atoms with E-state index in [0.717, 1.165) is 31.4 Å². The molecule has 1 fully saturated rings. The molecule has 2 atom stereocenters. The zero-order valence-corrected chi connectivity index (χ0v) is 15.1. The number of likely N-dealkylation sites (N-methyl/N-ethyl adjacent to an activating group) is 1. The standard InChI is InChI=1S/C17H26N2O.C2H6/c1-5-17(2)12-9-13-19(17)16(20)15(18(3)4)14-10-7-6-8-11-14;1-2/h6-8,10-11,15H,5,9,12-13H2,1-4H3;1-2H3/t15-,17?;/m0./s1. The van der Waals surface area contributed by atoms with Crippen LogP contribution in [0.3, 0.4) is 0 Å². The molecule has 1 aliphatic rings. The van der Waals surface area contributed by atoms with Gasteiger partial charge in [-0.3, -0.25) is 9.69 Å². The molecule has 22 heavy (non-hydrogen) atoms. The minimum absolute atomic E-state index is 0.0279. The molecule has 1 heterocycles. The predicted octanol–water partition coefficient (Wildman–Crippen LogP) is 4.11. The third-order valence-corrected chi connectivity index (χ3v) is 4.64. The van der Waals surface area contributed by atoms with Crippen LogP contribution in [0, 0.1) is 0 Å². The molecule has 1 unspecified atom stereocenters. The number of amides is 1. The first-order valence-corrected chi connectivity index (χ1v) is 8.52. The van der Waals surface area contributed by atoms with E-state index in [1.165, 1.54) is 0 Å². The number of rotatable bonds is 4. The first-order valence-electron chi connectivity index (χ1n) is 8.52. The van der Waals surface area contributed by atoms with Gasteiger partial charge in [0.25, 0.3) is 0 Å². The molecule has 1 aromatic carbocycles. The van der Waals surface area contributed by atoms with Crippen LogP contribution < -0.4 is 0 Å². The van der Waals surface area contributed by atoms with E-state index in [4.69, 9.17) is 0 Å². The minimum Gasteiger partial charge on any atom is -0.336 e. The molecule has 1 amide bonds. The van der Waals surface area contributed by atoms with E-state index in [-0.39, 0.29) is 17.5 Å². The lowest BCUT2D eigenvalue weighted by Gasteiger charge is -2.38. The summed E-state index contributed by atoms with van der Waals surface area (Å²) in [5.74, 6) is 0.239. The van der Waals surface area contributed by atoms with Crippen molar-refractivity contribution < 1.29 is 4.79 Å². The van der Waals surface area contributed by atoms with Crippen molar-refractivity contribution in [2.45, 2.75) is 58.5 Å². The van der Waals surface area contributed by atoms with Crippen LogP contribution in [0.15, 0.2) is 30.3 Å². The molecule has 0 saturated carbocycles. The maximum absolute atomic E-state index is 13.0. The van der Waals surface area contributed by atoms with Crippen LogP contribution in [0.2, 0.25) is 0 Å². The molecule has 124 valence electrons. The Hall–Kier alpha value is -1.35. The predicted molar refractivity (Wildman–Crippen MR) is 93.9 cm³/mol. The highest BCUT2D eigenvalue weighted by Crippen LogP contribution is 2.35. The molecule has 0 spiro atoms. The van der Waals surface area contributed by atoms with E-state index in [2.05, 4.69) is 18.7 Å². The molecule has 0 aliphatic carbocycles. The highest BCUT2D eigenvalue weighted by Gasteiger charge is 2.41. The molecule has 1 saturated heterocycles. The van der Waals surface area contributed by atoms with Crippen molar-refractivity contribution in [2.75, 3.05) is 20.6 Å². The topological polar surface area (TPSA) is 23.6 Å². The Labute approximate surface area is 136 Å². The summed E-state index contributed by atoms with van der Waals surface area (Å²) in [6.45, 7) is 9.29. The third-order valence-electron chi connectivity index (χ3n) is 4.64. The fourth-order valence-electron chi connectivity index (χ4n) is 3.21. The zero-order chi connectivity index (χ0) is 16.8. The van der Waals surface area contributed by atoms with Crippen LogP contribution >= 0.6 is 0 Å². The molecule has 1 aliphatic heterocycles. The van der Waals surface area contributed by atoms with Gasteiger partial charge in [0.2, 0.25) is 5.91 Å². The summed E-state index contributed by atoms with van der Waals surface area (Å²) < 4.78 is 0. The summed E-state index contributed by atoms with van der Waals surface area (Å²) in [4.78, 5) is 17.2. The Morgan fingerprint density at radius 2 is 1.86 bits per heavy atom. The Kier molecular flexibility index (Phi) is 7.08. The number of likely N-dealkylation sites (tertiary alicyclic amines) is 1. The van der Waals surface area contributed by atoms with Crippen LogP contribution in [-0.2, 0) is 4.79 Å². The lowest BCUT2D eigenvalue weighted by molar-refractivity contribution is -0.140. The van der Waals surface area contributed by atoms with Crippen molar-refractivity contribution in [3.8, 4) is 0 Å². The second-order valence-electron chi connectivity index (χ2n) is 6.22. The molecule has 3 heteroatoms. The van der Waals surface area contributed by atoms with Crippen molar-refractivity contribution in [1.29, 1.82) is 0 Å². The van der Waals surface area contributed by atoms with Gasteiger partial charge in [0.05, 0.1) is 0 Å². The molecular formula is C19H32N2O. The molecule has 2 rings (SSSR count). The molecular weight excluding hydrogens is 272 g/mol. The summed E-state index contributed by atoms with van der Waals surface area (Å²) in [6, 6.07) is 9.90. The summed E-state index contributed by atoms with van der Waals surface area (Å²) in [6.07, 6.45) is 3.25. The summed E-state index contributed by atoms with van der Waals surface area (Å²) in [5.41, 5.74) is 1.10. The van der Waals surface area contributed by atoms with E-state index < -0.39 is 0 Å². The zero-order valence-electron chi connectivity index (χ0n) is 15.1. The second-order valence-corrected chi connectivity index (χ2v) is 6.22. The summed E-state index contributed by atoms with van der Waals surface area (Å²) in [7, 11) is 3.96. The number of benzene rings is 1. The molecule has 0 bridgehead atoms. The largest absolute Gasteiger partial charge is 0.336 e. The van der Waals surface area contributed by atoms with Crippen LogP contribution in [0.25, 0.3) is 0 Å². The third kappa shape index (κ3) is 3.89. The number of nitrogens with zero attached hydrogens (tertiary/aromatic N) is 2. The average molecular weight is 304 g/mol. The highest BCUT2D eigenvalue weighted by atomic mass is 16.2. The smallest absolute Gasteiger partial charge is 0.244 e. The molecule has 0 radical (unpaired) electrons. The highest BCUT2D eigenvalue weighted by molar-refractivity contribution is 5.84. The van der Waals surface area contributed by atoms with Gasteiger partial charge in [-0.1, -0.05) is 51.1 Å². The van der Waals surface area contributed by atoms with E-state index in [1.807, 2.05) is 63.2 Å². The van der Waals surface area contributed by atoms with Crippen LogP contribution in [0.5, 0.6) is 0 Å². The first-order chi connectivity index (χ1) is 10.5. The monoisotopic (exact) mass is 304 g/mol. The normalized spacial score (nSPS) is 22.2. The van der Waals surface area contributed by atoms with E-state index >= 15 is 0 Å². The lowest BCUT2D eigenvalue weighted by Crippen LogP contribution is -2.49. The van der Waals surface area contributed by atoms with Crippen molar-refractivity contribution in [2.24, 2.45) is 0 Å². The molecule has 1 aromatic rings. The number of hydrogen-bond donors (Lipinski definition) is 0. The number of carbonyl (C=O) groups excluding carboxylic acids is 1. The van der Waals surface area contributed by atoms with Gasteiger partial charge in [-0.25, -0.2) is 0 Å². The minimum atomic E-state index is -0.180. The van der Waals surface area contributed by atoms with Crippen LogP contribution in [0.1, 0.15) is 58.6 Å². The second kappa shape index (κ2) is 8.33. The van der Waals surface area contributed by atoms with Gasteiger partial charge in [-0.15, -0.1) is 0 Å². The van der Waals surface area contributed by atoms with Gasteiger partial charge in [0, 0.05) is 12.1 Å². The van der Waals surface area contributed by atoms with Crippen molar-refractivity contribution in [1.82, 2.24) is 9.80 Å². The Morgan fingerprint density at radius 3 is 2.36 bits per heavy atom. The lowest BCUT2D eigenvalue weighted by atomic mass is 9.94. The van der Waals surface area contributed by atoms with Crippen molar-refractivity contribution >= 4 is 5.91 Å². The van der Waals surface area contributed by atoms with Gasteiger partial charge in [0.1, 0.15) is 6.04 Å². The first kappa shape index (κ1) is 18.7. The van der Waals surface area contributed by atoms with Crippen LogP contribution in [0.4, 0.5) is 0 Å². The van der Waals surface area contributed by atoms with Gasteiger partial charge >= 0.3 is 0 Å². The fraction of sp³-hybridized carbons (Fsp3) is 0.632. The van der Waals surface area contributed by atoms with Gasteiger partial charge in [0.15, 0.2) is 0 Å². The van der Waals surface area contributed by atoms with E-state index in [0.29, 0.717) is 0 Å². The maximum atomic E-state index is 13.0. The Bertz CT molecular complexity index is 458. The van der Waals surface area contributed by atoms with Crippen LogP contribution in [-0.4, -0.2) is 41.9 Å². The molecule has 0 aromatic heterocycles. The van der Waals surface area contributed by atoms with Crippen molar-refractivity contribution in [3.63, 3.8) is 0 Å². The SMILES string of the molecule is CC.CCC1(C)CCCN1C(=O)[C@H](c1ccccc1)N(C)C. The molecule has 3 nitrogen and oxygen atoms in total. The average Bonchev–Trinajstić information content (AvgIpc) is 2.92. The molecule has 0 N–H and O–H groups in total. The van der Waals surface area contributed by atoms with E-state index in [1.54, 1.807) is 0 Å². The summed E-state index contributed by atoms with van der Waals surface area (Å²) >= 11 is 0. The number of hydrogen-bond acceptors (Lipinski definition) is 2. The van der Waals surface area contributed by atoms with Gasteiger partial charge < -0.3 is 4.90 Å². The summed E-state index contributed by atoms with van der Waals surface area (Å²) in [5, 5.41) is 0. The van der Waals surface area contributed by atoms with Crippen molar-refractivity contribution in [3.05, 3.63) is 35.9 Å². The van der Waals surface area contributed by atoms with E-state index in [9.17, 15) is 4.79 Å². The Balaban J connectivity index is 0.00000116. The van der Waals surface area contributed by atoms with Gasteiger partial charge in [-0.2, -0.15) is 0 Å². The number of carbonyl (C=O) groups is 1.